The van der Waals surface area contributed by atoms with Crippen LogP contribution in [0, 0.1) is 5.82 Å². The van der Waals surface area contributed by atoms with E-state index in [1.807, 2.05) is 0 Å². The number of nitrogens with one attached hydrogen (secondary N) is 1. The second kappa shape index (κ2) is 9.54. The number of fused-ring (bicyclic) bond motifs is 1. The van der Waals surface area contributed by atoms with Gasteiger partial charge < -0.3 is 14.2 Å². The molecule has 4 rings (SSSR count). The van der Waals surface area contributed by atoms with E-state index in [0.29, 0.717) is 28.2 Å². The van der Waals surface area contributed by atoms with E-state index in [1.54, 1.807) is 18.2 Å². The third-order valence-electron chi connectivity index (χ3n) is 4.81. The van der Waals surface area contributed by atoms with Crippen molar-refractivity contribution in [2.45, 2.75) is 4.90 Å². The first-order valence-corrected chi connectivity index (χ1v) is 11.9. The van der Waals surface area contributed by atoms with Crippen LogP contribution < -0.4 is 18.9 Å². The molecule has 0 aliphatic carbocycles. The molecule has 0 unspecified atom stereocenters. The number of pyridine rings is 1. The van der Waals surface area contributed by atoms with E-state index in [4.69, 9.17) is 37.4 Å². The molecule has 34 heavy (non-hydrogen) atoms. The van der Waals surface area contributed by atoms with Gasteiger partial charge in [-0.2, -0.15) is 0 Å². The van der Waals surface area contributed by atoms with Crippen molar-refractivity contribution in [3.05, 3.63) is 76.7 Å². The summed E-state index contributed by atoms with van der Waals surface area (Å²) < 4.78 is 58.9. The Kier molecular flexibility index (Phi) is 6.70. The first-order valence-electron chi connectivity index (χ1n) is 9.68. The maximum absolute atomic E-state index is 14.8. The van der Waals surface area contributed by atoms with Crippen LogP contribution in [-0.2, 0) is 10.0 Å². The van der Waals surface area contributed by atoms with Crippen molar-refractivity contribution in [2.24, 2.45) is 0 Å². The molecule has 7 nitrogen and oxygen atoms in total. The molecule has 4 aromatic rings. The average molecular weight is 523 g/mol. The van der Waals surface area contributed by atoms with Gasteiger partial charge in [-0.15, -0.1) is 0 Å². The Bertz CT molecular complexity index is 1480. The summed E-state index contributed by atoms with van der Waals surface area (Å²) in [6.45, 7) is 0. The fourth-order valence-corrected chi connectivity index (χ4v) is 5.45. The highest BCUT2D eigenvalue weighted by molar-refractivity contribution is 7.93. The fraction of sp³-hybridized carbons (Fsp3) is 0.0870. The predicted molar refractivity (Wildman–Crippen MR) is 129 cm³/mol. The van der Waals surface area contributed by atoms with Crippen LogP contribution in [0.15, 0.2) is 65.7 Å². The number of halogens is 3. The van der Waals surface area contributed by atoms with E-state index in [0.717, 1.165) is 6.07 Å². The highest BCUT2D eigenvalue weighted by Gasteiger charge is 2.23. The minimum atomic E-state index is -4.24. The molecule has 0 aliphatic rings. The molecule has 0 saturated heterocycles. The van der Waals surface area contributed by atoms with Crippen molar-refractivity contribution in [1.29, 1.82) is 0 Å². The molecule has 0 bridgehead atoms. The van der Waals surface area contributed by atoms with Gasteiger partial charge in [-0.25, -0.2) is 12.8 Å². The minimum Gasteiger partial charge on any atom is -0.493 e. The topological polar surface area (TPSA) is 86.8 Å². The molecule has 0 aliphatic heterocycles. The number of rotatable bonds is 7. The second-order valence-electron chi connectivity index (χ2n) is 6.93. The van der Waals surface area contributed by atoms with Gasteiger partial charge in [-0.1, -0.05) is 29.3 Å². The van der Waals surface area contributed by atoms with E-state index in [-0.39, 0.29) is 26.4 Å². The van der Waals surface area contributed by atoms with Crippen LogP contribution >= 0.6 is 23.2 Å². The van der Waals surface area contributed by atoms with Gasteiger partial charge in [0, 0.05) is 23.7 Å². The van der Waals surface area contributed by atoms with Gasteiger partial charge in [0.15, 0.2) is 17.3 Å². The average Bonchev–Trinajstić information content (AvgIpc) is 2.79. The first-order chi connectivity index (χ1) is 16.2. The number of anilines is 1. The van der Waals surface area contributed by atoms with Gasteiger partial charge in [-0.3, -0.25) is 9.71 Å². The number of aromatic nitrogens is 1. The molecule has 0 spiro atoms. The maximum Gasteiger partial charge on any atom is 0.264 e. The van der Waals surface area contributed by atoms with Crippen LogP contribution in [0.4, 0.5) is 10.1 Å². The molecule has 1 N–H and O–H groups in total. The number of ether oxygens (including phenoxy) is 3. The standard InChI is InChI=1S/C23H17Cl2FN2O5S/c1-31-21-11-14-19(12-22(21)32-2)27-9-8-20(14)33-13-6-7-18(17(26)10-13)28-34(29,30)23-15(24)4-3-5-16(23)25/h3-12,28H,1-2H3. The Morgan fingerprint density at radius 2 is 1.59 bits per heavy atom. The van der Waals surface area contributed by atoms with Crippen LogP contribution in [-0.4, -0.2) is 27.6 Å². The fourth-order valence-electron chi connectivity index (χ4n) is 3.24. The molecule has 176 valence electrons. The van der Waals surface area contributed by atoms with Gasteiger partial charge in [0.05, 0.1) is 35.5 Å². The van der Waals surface area contributed by atoms with Gasteiger partial charge in [0.1, 0.15) is 16.4 Å². The number of benzene rings is 3. The molecular weight excluding hydrogens is 506 g/mol. The molecule has 0 atom stereocenters. The quantitative estimate of drug-likeness (QED) is 0.306. The normalized spacial score (nSPS) is 11.3. The lowest BCUT2D eigenvalue weighted by atomic mass is 10.2. The summed E-state index contributed by atoms with van der Waals surface area (Å²) in [5.41, 5.74) is 0.283. The molecule has 0 amide bonds. The molecule has 0 saturated carbocycles. The van der Waals surface area contributed by atoms with Crippen LogP contribution in [0.1, 0.15) is 0 Å². The summed E-state index contributed by atoms with van der Waals surface area (Å²) in [5, 5.41) is 0.438. The molecular formula is C23H17Cl2FN2O5S. The second-order valence-corrected chi connectivity index (χ2v) is 9.37. The number of methoxy groups -OCH3 is 2. The van der Waals surface area contributed by atoms with Crippen molar-refractivity contribution in [3.8, 4) is 23.0 Å². The lowest BCUT2D eigenvalue weighted by Crippen LogP contribution is -2.15. The SMILES string of the molecule is COc1cc2nccc(Oc3ccc(NS(=O)(=O)c4c(Cl)cccc4Cl)c(F)c3)c2cc1OC. The Morgan fingerprint density at radius 1 is 0.912 bits per heavy atom. The molecule has 3 aromatic carbocycles. The van der Waals surface area contributed by atoms with Gasteiger partial charge in [-0.05, 0) is 36.4 Å². The molecule has 0 fully saturated rings. The van der Waals surface area contributed by atoms with Gasteiger partial charge in [0.25, 0.3) is 10.0 Å². The lowest BCUT2D eigenvalue weighted by molar-refractivity contribution is 0.355. The van der Waals surface area contributed by atoms with Crippen molar-refractivity contribution in [3.63, 3.8) is 0 Å². The smallest absolute Gasteiger partial charge is 0.264 e. The first kappa shape index (κ1) is 23.9. The third kappa shape index (κ3) is 4.68. The lowest BCUT2D eigenvalue weighted by Gasteiger charge is -2.14. The molecule has 1 aromatic heterocycles. The van der Waals surface area contributed by atoms with Crippen LogP contribution in [0.2, 0.25) is 10.0 Å². The van der Waals surface area contributed by atoms with Crippen molar-refractivity contribution in [2.75, 3.05) is 18.9 Å². The van der Waals surface area contributed by atoms with E-state index in [1.165, 1.54) is 50.7 Å². The third-order valence-corrected chi connectivity index (χ3v) is 7.13. The van der Waals surface area contributed by atoms with Gasteiger partial charge >= 0.3 is 0 Å². The summed E-state index contributed by atoms with van der Waals surface area (Å²) in [6, 6.07) is 13.0. The van der Waals surface area contributed by atoms with Crippen LogP contribution in [0.25, 0.3) is 10.9 Å². The van der Waals surface area contributed by atoms with Gasteiger partial charge in [0.2, 0.25) is 0 Å². The molecule has 11 heteroatoms. The van der Waals surface area contributed by atoms with E-state index >= 15 is 0 Å². The maximum atomic E-state index is 14.8. The number of nitrogens with zero attached hydrogens (tertiary/aromatic N) is 1. The number of sulfonamides is 1. The number of hydrogen-bond acceptors (Lipinski definition) is 6. The summed E-state index contributed by atoms with van der Waals surface area (Å²) >= 11 is 12.0. The van der Waals surface area contributed by atoms with Crippen LogP contribution in [0.3, 0.4) is 0 Å². The Morgan fingerprint density at radius 3 is 2.24 bits per heavy atom. The zero-order valence-electron chi connectivity index (χ0n) is 17.8. The van der Waals surface area contributed by atoms with Crippen molar-refractivity contribution < 1.29 is 27.0 Å². The Hall–Kier alpha value is -3.27. The zero-order chi connectivity index (χ0) is 24.5. The summed E-state index contributed by atoms with van der Waals surface area (Å²) in [6.07, 6.45) is 1.54. The minimum absolute atomic E-state index is 0.0861. The Labute approximate surface area is 205 Å². The highest BCUT2D eigenvalue weighted by Crippen LogP contribution is 2.37. The molecule has 0 radical (unpaired) electrons. The Balaban J connectivity index is 1.64. The van der Waals surface area contributed by atoms with Crippen molar-refractivity contribution in [1.82, 2.24) is 4.98 Å². The van der Waals surface area contributed by atoms with E-state index < -0.39 is 15.8 Å². The largest absolute Gasteiger partial charge is 0.493 e. The van der Waals surface area contributed by atoms with E-state index in [2.05, 4.69) is 9.71 Å². The zero-order valence-corrected chi connectivity index (χ0v) is 20.1. The van der Waals surface area contributed by atoms with E-state index in [9.17, 15) is 12.8 Å². The number of hydrogen-bond donors (Lipinski definition) is 1. The molecule has 1 heterocycles. The summed E-state index contributed by atoms with van der Waals surface area (Å²) in [5.74, 6) is 0.643. The van der Waals surface area contributed by atoms with Crippen molar-refractivity contribution >= 4 is 49.8 Å². The highest BCUT2D eigenvalue weighted by atomic mass is 35.5. The van der Waals surface area contributed by atoms with Crippen LogP contribution in [0.5, 0.6) is 23.0 Å². The summed E-state index contributed by atoms with van der Waals surface area (Å²) in [4.78, 5) is 3.95. The monoisotopic (exact) mass is 522 g/mol. The predicted octanol–water partition coefficient (Wildman–Crippen LogP) is 6.29. The summed E-state index contributed by atoms with van der Waals surface area (Å²) in [7, 11) is -1.22.